The summed E-state index contributed by atoms with van der Waals surface area (Å²) in [6, 6.07) is 6.66. The van der Waals surface area contributed by atoms with E-state index >= 15 is 0 Å². The number of amides is 1. The fourth-order valence-corrected chi connectivity index (χ4v) is 4.25. The zero-order valence-corrected chi connectivity index (χ0v) is 17.3. The summed E-state index contributed by atoms with van der Waals surface area (Å²) in [7, 11) is 0. The third kappa shape index (κ3) is 4.21. The van der Waals surface area contributed by atoms with E-state index in [9.17, 15) is 9.18 Å². The first-order valence-corrected chi connectivity index (χ1v) is 10.2. The summed E-state index contributed by atoms with van der Waals surface area (Å²) in [6.45, 7) is 10.4. The Morgan fingerprint density at radius 3 is 2.83 bits per heavy atom. The van der Waals surface area contributed by atoms with Gasteiger partial charge >= 0.3 is 0 Å². The minimum absolute atomic E-state index is 0.00998. The van der Waals surface area contributed by atoms with Crippen molar-refractivity contribution in [1.29, 1.82) is 0 Å². The fraction of sp³-hybridized carbons (Fsp3) is 0.545. The molecule has 4 rings (SSSR count). The number of ether oxygens (including phenoxy) is 1. The molecule has 6 nitrogen and oxygen atoms in total. The molecule has 3 heterocycles. The molecule has 1 aromatic heterocycles. The van der Waals surface area contributed by atoms with Crippen LogP contribution in [-0.2, 0) is 23.3 Å². The normalized spacial score (nSPS) is 22.1. The van der Waals surface area contributed by atoms with Gasteiger partial charge < -0.3 is 10.1 Å². The van der Waals surface area contributed by atoms with Crippen molar-refractivity contribution < 1.29 is 13.9 Å². The van der Waals surface area contributed by atoms with Crippen molar-refractivity contribution in [3.05, 3.63) is 52.6 Å². The number of nitrogens with zero attached hydrogens (tertiary/aromatic N) is 2. The molecule has 156 valence electrons. The monoisotopic (exact) mass is 400 g/mol. The van der Waals surface area contributed by atoms with Gasteiger partial charge in [-0.15, -0.1) is 0 Å². The Labute approximate surface area is 170 Å². The highest BCUT2D eigenvalue weighted by Gasteiger charge is 2.46. The van der Waals surface area contributed by atoms with Crippen LogP contribution >= 0.6 is 0 Å². The van der Waals surface area contributed by atoms with Crippen LogP contribution in [0.3, 0.4) is 0 Å². The molecule has 1 fully saturated rings. The molecule has 1 saturated heterocycles. The molecule has 1 atom stereocenters. The van der Waals surface area contributed by atoms with E-state index < -0.39 is 0 Å². The smallest absolute Gasteiger partial charge is 0.272 e. The zero-order valence-electron chi connectivity index (χ0n) is 17.3. The number of aromatic nitrogens is 2. The summed E-state index contributed by atoms with van der Waals surface area (Å²) in [5.41, 5.74) is 3.28. The Hall–Kier alpha value is -2.25. The minimum Gasteiger partial charge on any atom is -0.376 e. The maximum absolute atomic E-state index is 13.2. The Morgan fingerprint density at radius 2 is 2.10 bits per heavy atom. The molecule has 7 heteroatoms. The SMILES string of the molecule is CC(C)(C)CNC(=O)c1n[nH]c2c1COC[C@@]21CCN(Cc2ccc(F)cc2)C1. The molecular formula is C22H29FN4O2. The molecule has 2 aromatic rings. The molecule has 0 unspecified atom stereocenters. The van der Waals surface area contributed by atoms with Crippen LogP contribution in [0.2, 0.25) is 0 Å². The van der Waals surface area contributed by atoms with Gasteiger partial charge in [0.25, 0.3) is 5.91 Å². The molecule has 0 saturated carbocycles. The number of hydrogen-bond acceptors (Lipinski definition) is 4. The van der Waals surface area contributed by atoms with Gasteiger partial charge in [-0.3, -0.25) is 14.8 Å². The van der Waals surface area contributed by atoms with E-state index in [0.29, 0.717) is 25.5 Å². The van der Waals surface area contributed by atoms with Crippen LogP contribution in [-0.4, -0.2) is 47.2 Å². The van der Waals surface area contributed by atoms with Gasteiger partial charge in [0, 0.05) is 30.6 Å². The van der Waals surface area contributed by atoms with Crippen molar-refractivity contribution in [1.82, 2.24) is 20.4 Å². The highest BCUT2D eigenvalue weighted by atomic mass is 19.1. The number of halogens is 1. The van der Waals surface area contributed by atoms with E-state index in [1.54, 1.807) is 0 Å². The first-order valence-electron chi connectivity index (χ1n) is 10.2. The third-order valence-corrected chi connectivity index (χ3v) is 5.77. The van der Waals surface area contributed by atoms with Crippen molar-refractivity contribution in [3.8, 4) is 0 Å². The average molecular weight is 400 g/mol. The van der Waals surface area contributed by atoms with E-state index in [4.69, 9.17) is 4.74 Å². The maximum Gasteiger partial charge on any atom is 0.272 e. The quantitative estimate of drug-likeness (QED) is 0.828. The van der Waals surface area contributed by atoms with Gasteiger partial charge in [-0.1, -0.05) is 32.9 Å². The van der Waals surface area contributed by atoms with Gasteiger partial charge in [0.15, 0.2) is 5.69 Å². The average Bonchev–Trinajstić information content (AvgIpc) is 3.27. The molecule has 0 radical (unpaired) electrons. The summed E-state index contributed by atoms with van der Waals surface area (Å²) in [5, 5.41) is 10.5. The summed E-state index contributed by atoms with van der Waals surface area (Å²) < 4.78 is 19.1. The lowest BCUT2D eigenvalue weighted by atomic mass is 9.80. The van der Waals surface area contributed by atoms with Gasteiger partial charge in [0.05, 0.1) is 18.9 Å². The van der Waals surface area contributed by atoms with E-state index in [1.807, 2.05) is 12.1 Å². The number of H-pyrrole nitrogens is 1. The van der Waals surface area contributed by atoms with E-state index in [1.165, 1.54) is 12.1 Å². The molecule has 1 aromatic carbocycles. The number of nitrogens with one attached hydrogen (secondary N) is 2. The predicted octanol–water partition coefficient (Wildman–Crippen LogP) is 3.00. The largest absolute Gasteiger partial charge is 0.376 e. The molecule has 1 amide bonds. The number of benzene rings is 1. The molecule has 0 bridgehead atoms. The Kier molecular flexibility index (Phi) is 5.21. The third-order valence-electron chi connectivity index (χ3n) is 5.77. The van der Waals surface area contributed by atoms with Gasteiger partial charge in [-0.25, -0.2) is 4.39 Å². The van der Waals surface area contributed by atoms with Crippen molar-refractivity contribution in [3.63, 3.8) is 0 Å². The van der Waals surface area contributed by atoms with Crippen LogP contribution < -0.4 is 5.32 Å². The number of fused-ring (bicyclic) bond motifs is 2. The number of rotatable bonds is 4. The van der Waals surface area contributed by atoms with Gasteiger partial charge in [0.1, 0.15) is 5.82 Å². The first kappa shape index (κ1) is 20.0. The number of likely N-dealkylation sites (tertiary alicyclic amines) is 1. The van der Waals surface area contributed by atoms with Crippen LogP contribution in [0.5, 0.6) is 0 Å². The summed E-state index contributed by atoms with van der Waals surface area (Å²) in [6.07, 6.45) is 0.937. The van der Waals surface area contributed by atoms with Crippen molar-refractivity contribution in [2.24, 2.45) is 5.41 Å². The lowest BCUT2D eigenvalue weighted by molar-refractivity contribution is 0.0509. The van der Waals surface area contributed by atoms with Crippen molar-refractivity contribution in [2.45, 2.75) is 45.8 Å². The number of hydrogen-bond donors (Lipinski definition) is 2. The van der Waals surface area contributed by atoms with Crippen LogP contribution in [0, 0.1) is 11.2 Å². The van der Waals surface area contributed by atoms with Crippen LogP contribution in [0.4, 0.5) is 4.39 Å². The topological polar surface area (TPSA) is 70.2 Å². The zero-order chi connectivity index (χ0) is 20.6. The van der Waals surface area contributed by atoms with Gasteiger partial charge in [-0.05, 0) is 36.1 Å². The van der Waals surface area contributed by atoms with Crippen molar-refractivity contribution in [2.75, 3.05) is 26.2 Å². The standard InChI is InChI=1S/C22H29FN4O2/c1-21(2,3)12-24-20(28)18-17-11-29-14-22(19(17)26-25-18)8-9-27(13-22)10-15-4-6-16(23)7-5-15/h4-7H,8-14H2,1-3H3,(H,24,28)(H,25,26)/t22-/m0/s1. The summed E-state index contributed by atoms with van der Waals surface area (Å²) in [4.78, 5) is 15.0. The predicted molar refractivity (Wildman–Crippen MR) is 108 cm³/mol. The second kappa shape index (κ2) is 7.54. The second-order valence-electron chi connectivity index (χ2n) is 9.53. The molecule has 1 spiro atoms. The first-order chi connectivity index (χ1) is 13.8. The fourth-order valence-electron chi connectivity index (χ4n) is 4.25. The molecular weight excluding hydrogens is 371 g/mol. The molecule has 0 aliphatic carbocycles. The lowest BCUT2D eigenvalue weighted by Crippen LogP contribution is -2.40. The van der Waals surface area contributed by atoms with E-state index in [0.717, 1.165) is 42.9 Å². The highest BCUT2D eigenvalue weighted by Crippen LogP contribution is 2.40. The van der Waals surface area contributed by atoms with Crippen LogP contribution in [0.25, 0.3) is 0 Å². The maximum atomic E-state index is 13.2. The highest BCUT2D eigenvalue weighted by molar-refractivity contribution is 5.94. The lowest BCUT2D eigenvalue weighted by Gasteiger charge is -2.33. The number of aromatic amines is 1. The summed E-state index contributed by atoms with van der Waals surface area (Å²) in [5.74, 6) is -0.370. The number of carbonyl (C=O) groups excluding carboxylic acids is 1. The van der Waals surface area contributed by atoms with Crippen LogP contribution in [0.1, 0.15) is 54.5 Å². The molecule has 2 N–H and O–H groups in total. The van der Waals surface area contributed by atoms with Gasteiger partial charge in [0.2, 0.25) is 0 Å². The van der Waals surface area contributed by atoms with Crippen molar-refractivity contribution >= 4 is 5.91 Å². The Bertz CT molecular complexity index is 887. The summed E-state index contributed by atoms with van der Waals surface area (Å²) >= 11 is 0. The Morgan fingerprint density at radius 1 is 1.34 bits per heavy atom. The van der Waals surface area contributed by atoms with Crippen LogP contribution in [0.15, 0.2) is 24.3 Å². The van der Waals surface area contributed by atoms with E-state index in [2.05, 4.69) is 41.2 Å². The molecule has 2 aliphatic rings. The van der Waals surface area contributed by atoms with Gasteiger partial charge in [-0.2, -0.15) is 5.10 Å². The number of carbonyl (C=O) groups is 1. The minimum atomic E-state index is -0.216. The van der Waals surface area contributed by atoms with E-state index in [-0.39, 0.29) is 22.6 Å². The molecule has 2 aliphatic heterocycles. The second-order valence-corrected chi connectivity index (χ2v) is 9.53. The molecule has 29 heavy (non-hydrogen) atoms. The Balaban J connectivity index is 1.49.